The number of amides is 1. The Kier molecular flexibility index (Phi) is 3.44. The van der Waals surface area contributed by atoms with Crippen molar-refractivity contribution in [3.8, 4) is 0 Å². The van der Waals surface area contributed by atoms with Crippen molar-refractivity contribution < 1.29 is 19.4 Å². The van der Waals surface area contributed by atoms with Gasteiger partial charge >= 0.3 is 5.97 Å². The van der Waals surface area contributed by atoms with Gasteiger partial charge in [0.15, 0.2) is 6.10 Å². The molecule has 0 aromatic heterocycles. The zero-order chi connectivity index (χ0) is 14.1. The van der Waals surface area contributed by atoms with E-state index in [-0.39, 0.29) is 11.9 Å². The summed E-state index contributed by atoms with van der Waals surface area (Å²) < 4.78 is 5.26. The van der Waals surface area contributed by atoms with Gasteiger partial charge in [-0.15, -0.1) is 0 Å². The van der Waals surface area contributed by atoms with E-state index in [1.807, 2.05) is 12.1 Å². The van der Waals surface area contributed by atoms with E-state index >= 15 is 0 Å². The summed E-state index contributed by atoms with van der Waals surface area (Å²) >= 11 is 0. The Labute approximate surface area is 116 Å². The van der Waals surface area contributed by atoms with Crippen LogP contribution >= 0.6 is 0 Å². The number of rotatable bonds is 3. The van der Waals surface area contributed by atoms with Gasteiger partial charge in [0, 0.05) is 6.04 Å². The smallest absolute Gasteiger partial charge is 0.332 e. The molecule has 2 unspecified atom stereocenters. The molecule has 2 atom stereocenters. The summed E-state index contributed by atoms with van der Waals surface area (Å²) in [5.41, 5.74) is 2.54. The summed E-state index contributed by atoms with van der Waals surface area (Å²) in [7, 11) is 0. The molecule has 0 bridgehead atoms. The number of hydrogen-bond donors (Lipinski definition) is 2. The molecule has 1 aliphatic heterocycles. The molecule has 1 aliphatic carbocycles. The minimum atomic E-state index is -0.992. The summed E-state index contributed by atoms with van der Waals surface area (Å²) in [4.78, 5) is 22.9. The van der Waals surface area contributed by atoms with Crippen molar-refractivity contribution in [2.75, 3.05) is 0 Å². The lowest BCUT2D eigenvalue weighted by Gasteiger charge is -2.16. The summed E-state index contributed by atoms with van der Waals surface area (Å²) in [6, 6.07) is 8.25. The van der Waals surface area contributed by atoms with Gasteiger partial charge in [0.25, 0.3) is 0 Å². The van der Waals surface area contributed by atoms with Gasteiger partial charge in [0.1, 0.15) is 6.10 Å². The fourth-order valence-corrected chi connectivity index (χ4v) is 2.97. The highest BCUT2D eigenvalue weighted by Gasteiger charge is 2.35. The number of hydrogen-bond acceptors (Lipinski definition) is 3. The summed E-state index contributed by atoms with van der Waals surface area (Å²) in [6.07, 6.45) is 1.07. The highest BCUT2D eigenvalue weighted by atomic mass is 16.5. The molecule has 1 amide bonds. The average molecular weight is 275 g/mol. The second-order valence-corrected chi connectivity index (χ2v) is 5.41. The van der Waals surface area contributed by atoms with Crippen LogP contribution in [0.2, 0.25) is 0 Å². The molecule has 0 saturated carbocycles. The Morgan fingerprint density at radius 2 is 1.70 bits per heavy atom. The first-order valence-corrected chi connectivity index (χ1v) is 6.89. The van der Waals surface area contributed by atoms with E-state index < -0.39 is 18.2 Å². The molecule has 1 aromatic rings. The molecule has 1 saturated heterocycles. The molecule has 1 aromatic carbocycles. The van der Waals surface area contributed by atoms with Gasteiger partial charge in [-0.3, -0.25) is 4.79 Å². The van der Waals surface area contributed by atoms with Crippen LogP contribution in [-0.2, 0) is 27.2 Å². The largest absolute Gasteiger partial charge is 0.479 e. The van der Waals surface area contributed by atoms with E-state index in [1.165, 1.54) is 11.1 Å². The van der Waals surface area contributed by atoms with E-state index in [1.54, 1.807) is 0 Å². The number of ether oxygens (including phenoxy) is 1. The molecule has 2 N–H and O–H groups in total. The average Bonchev–Trinajstić information content (AvgIpc) is 3.04. The zero-order valence-electron chi connectivity index (χ0n) is 11.0. The molecule has 5 heteroatoms. The Balaban J connectivity index is 1.55. The number of fused-ring (bicyclic) bond motifs is 1. The molecule has 106 valence electrons. The lowest BCUT2D eigenvalue weighted by atomic mass is 10.1. The van der Waals surface area contributed by atoms with Crippen molar-refractivity contribution >= 4 is 11.9 Å². The molecule has 0 radical (unpaired) electrons. The lowest BCUT2D eigenvalue weighted by Crippen LogP contribution is -2.42. The van der Waals surface area contributed by atoms with Crippen molar-refractivity contribution in [1.82, 2.24) is 5.32 Å². The van der Waals surface area contributed by atoms with Crippen LogP contribution in [0, 0.1) is 0 Å². The second kappa shape index (κ2) is 5.25. The normalized spacial score (nSPS) is 25.4. The number of carboxylic acid groups (broad SMARTS) is 1. The zero-order valence-corrected chi connectivity index (χ0v) is 11.0. The molecule has 0 spiro atoms. The minimum absolute atomic E-state index is 0.0902. The van der Waals surface area contributed by atoms with Crippen LogP contribution in [-0.4, -0.2) is 35.2 Å². The SMILES string of the molecule is O=C(O)C1CCC(C(=O)NC2Cc3ccccc3C2)O1. The van der Waals surface area contributed by atoms with Crippen LogP contribution in [0.3, 0.4) is 0 Å². The van der Waals surface area contributed by atoms with Gasteiger partial charge in [-0.25, -0.2) is 4.79 Å². The van der Waals surface area contributed by atoms with E-state index in [4.69, 9.17) is 9.84 Å². The quantitative estimate of drug-likeness (QED) is 0.859. The molecule has 1 heterocycles. The highest BCUT2D eigenvalue weighted by molar-refractivity contribution is 5.83. The lowest BCUT2D eigenvalue weighted by molar-refractivity contribution is -0.151. The predicted molar refractivity (Wildman–Crippen MR) is 71.3 cm³/mol. The van der Waals surface area contributed by atoms with Gasteiger partial charge in [-0.2, -0.15) is 0 Å². The van der Waals surface area contributed by atoms with Gasteiger partial charge < -0.3 is 15.2 Å². The fourth-order valence-electron chi connectivity index (χ4n) is 2.97. The van der Waals surface area contributed by atoms with Crippen molar-refractivity contribution in [1.29, 1.82) is 0 Å². The number of aliphatic carboxylic acids is 1. The molecule has 20 heavy (non-hydrogen) atoms. The van der Waals surface area contributed by atoms with Crippen molar-refractivity contribution in [3.05, 3.63) is 35.4 Å². The standard InChI is InChI=1S/C15H17NO4/c17-14(12-5-6-13(20-12)15(18)19)16-11-7-9-3-1-2-4-10(9)8-11/h1-4,11-13H,5-8H2,(H,16,17)(H,18,19). The van der Waals surface area contributed by atoms with Gasteiger partial charge in [0.05, 0.1) is 0 Å². The number of carbonyl (C=O) groups is 2. The second-order valence-electron chi connectivity index (χ2n) is 5.41. The van der Waals surface area contributed by atoms with Crippen LogP contribution in [0.1, 0.15) is 24.0 Å². The number of carbonyl (C=O) groups excluding carboxylic acids is 1. The van der Waals surface area contributed by atoms with Crippen LogP contribution in [0.4, 0.5) is 0 Å². The van der Waals surface area contributed by atoms with Crippen molar-refractivity contribution in [2.45, 2.75) is 43.9 Å². The monoisotopic (exact) mass is 275 g/mol. The molecular weight excluding hydrogens is 258 g/mol. The Morgan fingerprint density at radius 1 is 1.10 bits per heavy atom. The molecule has 1 fully saturated rings. The topological polar surface area (TPSA) is 75.6 Å². The first kappa shape index (κ1) is 13.1. The number of carboxylic acids is 1. The maximum Gasteiger partial charge on any atom is 0.332 e. The molecular formula is C15H17NO4. The Bertz CT molecular complexity index is 517. The predicted octanol–water partition coefficient (Wildman–Crippen LogP) is 0.902. The van der Waals surface area contributed by atoms with Crippen LogP contribution in [0.15, 0.2) is 24.3 Å². The maximum absolute atomic E-state index is 12.1. The first-order chi connectivity index (χ1) is 9.63. The molecule has 5 nitrogen and oxygen atoms in total. The van der Waals surface area contributed by atoms with E-state index in [9.17, 15) is 9.59 Å². The van der Waals surface area contributed by atoms with E-state index in [0.717, 1.165) is 12.8 Å². The van der Waals surface area contributed by atoms with Gasteiger partial charge in [-0.1, -0.05) is 24.3 Å². The summed E-state index contributed by atoms with van der Waals surface area (Å²) in [5.74, 6) is -1.18. The summed E-state index contributed by atoms with van der Waals surface area (Å²) in [6.45, 7) is 0. The molecule has 3 rings (SSSR count). The van der Waals surface area contributed by atoms with Crippen LogP contribution in [0.5, 0.6) is 0 Å². The van der Waals surface area contributed by atoms with E-state index in [2.05, 4.69) is 17.4 Å². The van der Waals surface area contributed by atoms with Gasteiger partial charge in [0.2, 0.25) is 5.91 Å². The maximum atomic E-state index is 12.1. The third-order valence-corrected chi connectivity index (χ3v) is 3.98. The minimum Gasteiger partial charge on any atom is -0.479 e. The van der Waals surface area contributed by atoms with Crippen molar-refractivity contribution in [3.63, 3.8) is 0 Å². The third-order valence-electron chi connectivity index (χ3n) is 3.98. The first-order valence-electron chi connectivity index (χ1n) is 6.89. The highest BCUT2D eigenvalue weighted by Crippen LogP contribution is 2.23. The van der Waals surface area contributed by atoms with Crippen LogP contribution < -0.4 is 5.32 Å². The number of benzene rings is 1. The Hall–Kier alpha value is -1.88. The summed E-state index contributed by atoms with van der Waals surface area (Å²) in [5, 5.41) is 11.8. The van der Waals surface area contributed by atoms with Crippen molar-refractivity contribution in [2.24, 2.45) is 0 Å². The molecule has 2 aliphatic rings. The Morgan fingerprint density at radius 3 is 2.25 bits per heavy atom. The van der Waals surface area contributed by atoms with Crippen LogP contribution in [0.25, 0.3) is 0 Å². The number of nitrogens with one attached hydrogen (secondary N) is 1. The third kappa shape index (κ3) is 2.54. The van der Waals surface area contributed by atoms with Gasteiger partial charge in [-0.05, 0) is 36.8 Å². The fraction of sp³-hybridized carbons (Fsp3) is 0.467. The van der Waals surface area contributed by atoms with E-state index in [0.29, 0.717) is 12.8 Å².